The van der Waals surface area contributed by atoms with E-state index in [0.717, 1.165) is 30.4 Å². The summed E-state index contributed by atoms with van der Waals surface area (Å²) in [6, 6.07) is 12.2. The van der Waals surface area contributed by atoms with Crippen molar-refractivity contribution in [2.24, 2.45) is 0 Å². The van der Waals surface area contributed by atoms with Crippen molar-refractivity contribution in [3.63, 3.8) is 0 Å². The molecule has 0 saturated carbocycles. The number of benzene rings is 1. The Morgan fingerprint density at radius 2 is 2.05 bits per heavy atom. The lowest BCUT2D eigenvalue weighted by Crippen LogP contribution is -2.25. The topological polar surface area (TPSA) is 19.4 Å². The molecule has 4 heteroatoms. The van der Waals surface area contributed by atoms with Crippen LogP contribution in [0.5, 0.6) is 0 Å². The number of pyridine rings is 1. The summed E-state index contributed by atoms with van der Waals surface area (Å²) >= 11 is 6.23. The standard InChI is InChI=1S/C18H20ClN3/c1-14-7-9-20-17(11-14)18-12-22(13-21(18)2)10-8-15-5-3-4-6-16(15)19/h3-7,9,11-12H,8,10,13H2,1-2H3. The zero-order chi connectivity index (χ0) is 15.5. The van der Waals surface area contributed by atoms with Crippen LogP contribution in [0, 0.1) is 6.92 Å². The average Bonchev–Trinajstić information content (AvgIpc) is 2.87. The van der Waals surface area contributed by atoms with Gasteiger partial charge in [-0.15, -0.1) is 0 Å². The minimum absolute atomic E-state index is 0.847. The Balaban J connectivity index is 1.70. The molecule has 2 aromatic rings. The van der Waals surface area contributed by atoms with E-state index >= 15 is 0 Å². The predicted octanol–water partition coefficient (Wildman–Crippen LogP) is 3.79. The van der Waals surface area contributed by atoms with E-state index in [1.165, 1.54) is 16.8 Å². The van der Waals surface area contributed by atoms with Crippen LogP contribution in [0.15, 0.2) is 48.8 Å². The van der Waals surface area contributed by atoms with E-state index in [2.05, 4.69) is 47.1 Å². The van der Waals surface area contributed by atoms with E-state index in [4.69, 9.17) is 11.6 Å². The van der Waals surface area contributed by atoms with Crippen molar-refractivity contribution < 1.29 is 0 Å². The van der Waals surface area contributed by atoms with Gasteiger partial charge in [-0.2, -0.15) is 0 Å². The highest BCUT2D eigenvalue weighted by atomic mass is 35.5. The third kappa shape index (κ3) is 3.25. The first-order valence-corrected chi connectivity index (χ1v) is 7.85. The number of hydrogen-bond acceptors (Lipinski definition) is 3. The zero-order valence-electron chi connectivity index (χ0n) is 13.0. The Hall–Kier alpha value is -2.00. The molecule has 114 valence electrons. The van der Waals surface area contributed by atoms with Crippen LogP contribution in [0.1, 0.15) is 16.8 Å². The molecule has 0 atom stereocenters. The van der Waals surface area contributed by atoms with E-state index in [9.17, 15) is 0 Å². The van der Waals surface area contributed by atoms with Gasteiger partial charge in [0.25, 0.3) is 0 Å². The molecule has 1 aliphatic heterocycles. The first-order valence-electron chi connectivity index (χ1n) is 7.47. The maximum absolute atomic E-state index is 6.23. The molecule has 3 rings (SSSR count). The van der Waals surface area contributed by atoms with Crippen molar-refractivity contribution >= 4 is 17.3 Å². The van der Waals surface area contributed by atoms with Gasteiger partial charge in [0, 0.05) is 31.0 Å². The van der Waals surface area contributed by atoms with Crippen LogP contribution in [0.3, 0.4) is 0 Å². The van der Waals surface area contributed by atoms with Gasteiger partial charge in [0.2, 0.25) is 0 Å². The van der Waals surface area contributed by atoms with Gasteiger partial charge in [0.15, 0.2) is 0 Å². The molecule has 3 nitrogen and oxygen atoms in total. The molecular weight excluding hydrogens is 294 g/mol. The van der Waals surface area contributed by atoms with Gasteiger partial charge in [-0.3, -0.25) is 4.98 Å². The van der Waals surface area contributed by atoms with Gasteiger partial charge in [0.1, 0.15) is 0 Å². The van der Waals surface area contributed by atoms with Crippen molar-refractivity contribution in [1.29, 1.82) is 0 Å². The fraction of sp³-hybridized carbons (Fsp3) is 0.278. The first-order chi connectivity index (χ1) is 10.6. The summed E-state index contributed by atoms with van der Waals surface area (Å²) in [5, 5.41) is 0.847. The number of aromatic nitrogens is 1. The van der Waals surface area contributed by atoms with Crippen LogP contribution in [0.25, 0.3) is 5.70 Å². The highest BCUT2D eigenvalue weighted by Gasteiger charge is 2.19. The van der Waals surface area contributed by atoms with Crippen LogP contribution in [0.2, 0.25) is 5.02 Å². The van der Waals surface area contributed by atoms with Crippen molar-refractivity contribution in [1.82, 2.24) is 14.8 Å². The molecule has 0 bridgehead atoms. The van der Waals surface area contributed by atoms with Crippen LogP contribution in [-0.2, 0) is 6.42 Å². The minimum atomic E-state index is 0.847. The summed E-state index contributed by atoms with van der Waals surface area (Å²) in [6.45, 7) is 3.93. The summed E-state index contributed by atoms with van der Waals surface area (Å²) in [7, 11) is 2.10. The zero-order valence-corrected chi connectivity index (χ0v) is 13.7. The van der Waals surface area contributed by atoms with Crippen molar-refractivity contribution in [2.45, 2.75) is 13.3 Å². The van der Waals surface area contributed by atoms with E-state index in [-0.39, 0.29) is 0 Å². The fourth-order valence-corrected chi connectivity index (χ4v) is 2.93. The van der Waals surface area contributed by atoms with Crippen LogP contribution < -0.4 is 0 Å². The molecule has 2 heterocycles. The minimum Gasteiger partial charge on any atom is -0.358 e. The number of hydrogen-bond donors (Lipinski definition) is 0. The van der Waals surface area contributed by atoms with Gasteiger partial charge in [-0.05, 0) is 42.7 Å². The number of halogens is 1. The summed E-state index contributed by atoms with van der Waals surface area (Å²) in [4.78, 5) is 9.02. The first kappa shape index (κ1) is 14.9. The highest BCUT2D eigenvalue weighted by molar-refractivity contribution is 6.31. The quantitative estimate of drug-likeness (QED) is 0.856. The maximum Gasteiger partial charge on any atom is 0.0896 e. The normalized spacial score (nSPS) is 14.4. The van der Waals surface area contributed by atoms with E-state index in [0.29, 0.717) is 0 Å². The molecule has 0 saturated heterocycles. The van der Waals surface area contributed by atoms with Gasteiger partial charge in [-0.25, -0.2) is 0 Å². The Bertz CT molecular complexity index is 696. The average molecular weight is 314 g/mol. The van der Waals surface area contributed by atoms with E-state index in [1.54, 1.807) is 0 Å². The molecule has 1 aliphatic rings. The van der Waals surface area contributed by atoms with Gasteiger partial charge < -0.3 is 9.80 Å². The molecular formula is C18H20ClN3. The lowest BCUT2D eigenvalue weighted by molar-refractivity contribution is 0.304. The van der Waals surface area contributed by atoms with Crippen molar-refractivity contribution in [3.05, 3.63) is 70.6 Å². The fourth-order valence-electron chi connectivity index (χ4n) is 2.70. The molecule has 0 N–H and O–H groups in total. The predicted molar refractivity (Wildman–Crippen MR) is 91.4 cm³/mol. The number of rotatable bonds is 4. The second-order valence-corrected chi connectivity index (χ2v) is 6.13. The maximum atomic E-state index is 6.23. The molecule has 0 unspecified atom stereocenters. The molecule has 1 aromatic heterocycles. The molecule has 0 aliphatic carbocycles. The lowest BCUT2D eigenvalue weighted by atomic mass is 10.1. The molecule has 0 amide bonds. The summed E-state index contributed by atoms with van der Waals surface area (Å²) < 4.78 is 0. The van der Waals surface area contributed by atoms with Gasteiger partial charge in [-0.1, -0.05) is 29.8 Å². The molecule has 22 heavy (non-hydrogen) atoms. The summed E-state index contributed by atoms with van der Waals surface area (Å²) in [5.41, 5.74) is 4.63. The van der Waals surface area contributed by atoms with Crippen molar-refractivity contribution in [2.75, 3.05) is 20.3 Å². The van der Waals surface area contributed by atoms with E-state index in [1.807, 2.05) is 30.5 Å². The lowest BCUT2D eigenvalue weighted by Gasteiger charge is -2.19. The Morgan fingerprint density at radius 3 is 2.82 bits per heavy atom. The van der Waals surface area contributed by atoms with Gasteiger partial charge in [0.05, 0.1) is 18.1 Å². The Labute approximate surface area is 136 Å². The Kier molecular flexibility index (Phi) is 4.34. The third-order valence-corrected chi connectivity index (χ3v) is 4.28. The highest BCUT2D eigenvalue weighted by Crippen LogP contribution is 2.24. The number of nitrogens with zero attached hydrogens (tertiary/aromatic N) is 3. The smallest absolute Gasteiger partial charge is 0.0896 e. The molecule has 0 fully saturated rings. The third-order valence-electron chi connectivity index (χ3n) is 3.91. The van der Waals surface area contributed by atoms with Crippen LogP contribution in [-0.4, -0.2) is 35.0 Å². The summed E-state index contributed by atoms with van der Waals surface area (Å²) in [5.74, 6) is 0. The van der Waals surface area contributed by atoms with Gasteiger partial charge >= 0.3 is 0 Å². The molecule has 0 spiro atoms. The van der Waals surface area contributed by atoms with Crippen molar-refractivity contribution in [3.8, 4) is 0 Å². The number of aryl methyl sites for hydroxylation is 1. The van der Waals surface area contributed by atoms with Crippen LogP contribution >= 0.6 is 11.6 Å². The summed E-state index contributed by atoms with van der Waals surface area (Å²) in [6.07, 6.45) is 5.00. The second kappa shape index (κ2) is 6.41. The monoisotopic (exact) mass is 313 g/mol. The molecule has 0 radical (unpaired) electrons. The Morgan fingerprint density at radius 1 is 1.23 bits per heavy atom. The van der Waals surface area contributed by atoms with E-state index < -0.39 is 0 Å². The SMILES string of the molecule is Cc1ccnc(C2=CN(CCc3ccccc3Cl)CN2C)c1. The largest absolute Gasteiger partial charge is 0.358 e. The molecule has 1 aromatic carbocycles. The second-order valence-electron chi connectivity index (χ2n) is 5.73. The van der Waals surface area contributed by atoms with Crippen LogP contribution in [0.4, 0.5) is 0 Å².